The molecule has 84 valence electrons. The second kappa shape index (κ2) is 6.89. The summed E-state index contributed by atoms with van der Waals surface area (Å²) in [6, 6.07) is 8.38. The summed E-state index contributed by atoms with van der Waals surface area (Å²) in [5.41, 5.74) is 1.33. The molecule has 0 amide bonds. The highest BCUT2D eigenvalue weighted by atomic mass is 79.9. The predicted molar refractivity (Wildman–Crippen MR) is 68.8 cm³/mol. The third-order valence-electron chi connectivity index (χ3n) is 2.26. The van der Waals surface area contributed by atoms with Gasteiger partial charge in [-0.15, -0.1) is 0 Å². The minimum atomic E-state index is 0.475. The van der Waals surface area contributed by atoms with E-state index in [-0.39, 0.29) is 0 Å². The molecule has 0 heterocycles. The molecule has 0 saturated carbocycles. The Kier molecular flexibility index (Phi) is 5.77. The number of alkyl halides is 1. The van der Waals surface area contributed by atoms with Crippen molar-refractivity contribution >= 4 is 15.9 Å². The van der Waals surface area contributed by atoms with Gasteiger partial charge >= 0.3 is 0 Å². The summed E-state index contributed by atoms with van der Waals surface area (Å²) in [5, 5.41) is 0. The van der Waals surface area contributed by atoms with Crippen LogP contribution in [0.15, 0.2) is 24.3 Å². The highest BCUT2D eigenvalue weighted by molar-refractivity contribution is 9.09. The molecular weight excluding hydrogens is 252 g/mol. The van der Waals surface area contributed by atoms with Crippen LogP contribution in [0.1, 0.15) is 43.5 Å². The fourth-order valence-corrected chi connectivity index (χ4v) is 2.18. The van der Waals surface area contributed by atoms with Crippen LogP contribution in [-0.4, -0.2) is 6.61 Å². The lowest BCUT2D eigenvalue weighted by Gasteiger charge is -2.10. The van der Waals surface area contributed by atoms with Crippen LogP contribution >= 0.6 is 15.9 Å². The van der Waals surface area contributed by atoms with Crippen LogP contribution in [0.2, 0.25) is 0 Å². The number of ether oxygens (including phenoxy) is 1. The van der Waals surface area contributed by atoms with Gasteiger partial charge in [0.05, 0.1) is 6.61 Å². The number of halogens is 1. The zero-order valence-corrected chi connectivity index (χ0v) is 11.1. The Morgan fingerprint density at radius 2 is 1.80 bits per heavy atom. The molecule has 0 aliphatic heterocycles. The second-order valence-corrected chi connectivity index (χ2v) is 4.78. The first kappa shape index (κ1) is 12.6. The molecule has 0 N–H and O–H groups in total. The first-order chi connectivity index (χ1) is 7.27. The van der Waals surface area contributed by atoms with E-state index >= 15 is 0 Å². The normalized spacial score (nSPS) is 12.5. The number of hydrogen-bond acceptors (Lipinski definition) is 1. The van der Waals surface area contributed by atoms with Gasteiger partial charge in [0.25, 0.3) is 0 Å². The van der Waals surface area contributed by atoms with E-state index in [1.807, 2.05) is 0 Å². The zero-order chi connectivity index (χ0) is 11.1. The number of benzene rings is 1. The SMILES string of the molecule is CCCOc1ccc(C(Br)CCC)cc1. The molecule has 0 bridgehead atoms. The maximum absolute atomic E-state index is 5.53. The summed E-state index contributed by atoms with van der Waals surface area (Å²) in [6.07, 6.45) is 3.43. The third kappa shape index (κ3) is 4.25. The molecule has 0 aliphatic carbocycles. The third-order valence-corrected chi connectivity index (χ3v) is 3.24. The molecule has 0 aromatic heterocycles. The lowest BCUT2D eigenvalue weighted by atomic mass is 10.1. The quantitative estimate of drug-likeness (QED) is 0.681. The Morgan fingerprint density at radius 1 is 1.13 bits per heavy atom. The summed E-state index contributed by atoms with van der Waals surface area (Å²) in [5.74, 6) is 0.969. The average molecular weight is 271 g/mol. The minimum Gasteiger partial charge on any atom is -0.494 e. The van der Waals surface area contributed by atoms with Crippen molar-refractivity contribution in [3.8, 4) is 5.75 Å². The van der Waals surface area contributed by atoms with Crippen molar-refractivity contribution in [1.82, 2.24) is 0 Å². The van der Waals surface area contributed by atoms with Crippen LogP contribution in [0, 0.1) is 0 Å². The largest absolute Gasteiger partial charge is 0.494 e. The average Bonchev–Trinajstić information content (AvgIpc) is 2.27. The monoisotopic (exact) mass is 270 g/mol. The number of hydrogen-bond donors (Lipinski definition) is 0. The van der Waals surface area contributed by atoms with Crippen LogP contribution in [0.3, 0.4) is 0 Å². The smallest absolute Gasteiger partial charge is 0.119 e. The molecule has 2 heteroatoms. The Bertz CT molecular complexity index is 268. The zero-order valence-electron chi connectivity index (χ0n) is 9.50. The van der Waals surface area contributed by atoms with Gasteiger partial charge in [-0.05, 0) is 30.5 Å². The van der Waals surface area contributed by atoms with Crippen molar-refractivity contribution < 1.29 is 4.74 Å². The summed E-state index contributed by atoms with van der Waals surface area (Å²) < 4.78 is 5.53. The summed E-state index contributed by atoms with van der Waals surface area (Å²) in [6.45, 7) is 5.11. The topological polar surface area (TPSA) is 9.23 Å². The van der Waals surface area contributed by atoms with Gasteiger partial charge in [0, 0.05) is 4.83 Å². The van der Waals surface area contributed by atoms with E-state index < -0.39 is 0 Å². The van der Waals surface area contributed by atoms with Crippen molar-refractivity contribution in [1.29, 1.82) is 0 Å². The van der Waals surface area contributed by atoms with E-state index in [2.05, 4.69) is 54.0 Å². The molecule has 0 aliphatic rings. The molecule has 0 spiro atoms. The maximum Gasteiger partial charge on any atom is 0.119 e. The fourth-order valence-electron chi connectivity index (χ4n) is 1.41. The molecule has 0 saturated heterocycles. The Morgan fingerprint density at radius 3 is 2.33 bits per heavy atom. The van der Waals surface area contributed by atoms with E-state index in [1.165, 1.54) is 18.4 Å². The van der Waals surface area contributed by atoms with Gasteiger partial charge in [0.1, 0.15) is 5.75 Å². The minimum absolute atomic E-state index is 0.475. The molecule has 1 aromatic rings. The first-order valence-electron chi connectivity index (χ1n) is 5.64. The van der Waals surface area contributed by atoms with Crippen molar-refractivity contribution in [2.45, 2.75) is 37.9 Å². The molecule has 1 rings (SSSR count). The fraction of sp³-hybridized carbons (Fsp3) is 0.538. The number of rotatable bonds is 6. The van der Waals surface area contributed by atoms with E-state index in [4.69, 9.17) is 4.74 Å². The Hall–Kier alpha value is -0.500. The molecule has 1 nitrogen and oxygen atoms in total. The Labute approximate surface area is 101 Å². The molecule has 0 fully saturated rings. The second-order valence-electron chi connectivity index (χ2n) is 3.67. The molecule has 1 unspecified atom stereocenters. The van der Waals surface area contributed by atoms with Crippen LogP contribution in [-0.2, 0) is 0 Å². The molecule has 0 radical (unpaired) electrons. The van der Waals surface area contributed by atoms with E-state index in [9.17, 15) is 0 Å². The van der Waals surface area contributed by atoms with Gasteiger partial charge in [-0.1, -0.05) is 48.3 Å². The van der Waals surface area contributed by atoms with Crippen LogP contribution < -0.4 is 4.74 Å². The van der Waals surface area contributed by atoms with Crippen molar-refractivity contribution in [3.63, 3.8) is 0 Å². The Balaban J connectivity index is 2.55. The summed E-state index contributed by atoms with van der Waals surface area (Å²) in [7, 11) is 0. The van der Waals surface area contributed by atoms with E-state index in [1.54, 1.807) is 0 Å². The molecule has 1 aromatic carbocycles. The van der Waals surface area contributed by atoms with Gasteiger partial charge in [0.2, 0.25) is 0 Å². The predicted octanol–water partition coefficient (Wildman–Crippen LogP) is 4.71. The first-order valence-corrected chi connectivity index (χ1v) is 6.56. The van der Waals surface area contributed by atoms with Crippen LogP contribution in [0.25, 0.3) is 0 Å². The van der Waals surface area contributed by atoms with Gasteiger partial charge in [-0.3, -0.25) is 0 Å². The highest BCUT2D eigenvalue weighted by Crippen LogP contribution is 2.28. The van der Waals surface area contributed by atoms with Gasteiger partial charge in [-0.2, -0.15) is 0 Å². The highest BCUT2D eigenvalue weighted by Gasteiger charge is 2.05. The van der Waals surface area contributed by atoms with Crippen LogP contribution in [0.4, 0.5) is 0 Å². The summed E-state index contributed by atoms with van der Waals surface area (Å²) in [4.78, 5) is 0.475. The molecule has 1 atom stereocenters. The summed E-state index contributed by atoms with van der Waals surface area (Å²) >= 11 is 3.68. The van der Waals surface area contributed by atoms with Gasteiger partial charge in [-0.25, -0.2) is 0 Å². The van der Waals surface area contributed by atoms with Gasteiger partial charge in [0.15, 0.2) is 0 Å². The standard InChI is InChI=1S/C13H19BrO/c1-3-5-13(14)11-6-8-12(9-7-11)15-10-4-2/h6-9,13H,3-5,10H2,1-2H3. The van der Waals surface area contributed by atoms with E-state index in [0.29, 0.717) is 4.83 Å². The lowest BCUT2D eigenvalue weighted by molar-refractivity contribution is 0.317. The van der Waals surface area contributed by atoms with Crippen LogP contribution in [0.5, 0.6) is 5.75 Å². The molecular formula is C13H19BrO. The van der Waals surface area contributed by atoms with Gasteiger partial charge < -0.3 is 4.74 Å². The van der Waals surface area contributed by atoms with Crippen molar-refractivity contribution in [2.24, 2.45) is 0 Å². The van der Waals surface area contributed by atoms with E-state index in [0.717, 1.165) is 18.8 Å². The van der Waals surface area contributed by atoms with Crippen molar-refractivity contribution in [2.75, 3.05) is 6.61 Å². The maximum atomic E-state index is 5.53. The van der Waals surface area contributed by atoms with Crippen molar-refractivity contribution in [3.05, 3.63) is 29.8 Å². The molecule has 15 heavy (non-hydrogen) atoms. The lowest BCUT2D eigenvalue weighted by Crippen LogP contribution is -1.95.